The van der Waals surface area contributed by atoms with Gasteiger partial charge in [-0.1, -0.05) is 42.5 Å². The number of imidazole rings is 1. The number of carbonyl (C=O) groups excluding carboxylic acids is 1. The summed E-state index contributed by atoms with van der Waals surface area (Å²) in [5, 5.41) is 0. The van der Waals surface area contributed by atoms with Gasteiger partial charge >= 0.3 is 0 Å². The molecule has 0 radical (unpaired) electrons. The minimum atomic E-state index is 0.0151. The second-order valence-corrected chi connectivity index (χ2v) is 5.29. The topological polar surface area (TPSA) is 38.1 Å². The molecule has 0 bridgehead atoms. The first kappa shape index (κ1) is 12.1. The van der Waals surface area contributed by atoms with Crippen LogP contribution in [0, 0.1) is 0 Å². The maximum absolute atomic E-state index is 12.6. The number of carbonyl (C=O) groups is 1. The molecule has 2 heterocycles. The molecule has 2 aromatic carbocycles. The van der Waals surface area contributed by atoms with Crippen molar-refractivity contribution in [2.24, 2.45) is 0 Å². The highest BCUT2D eigenvalue weighted by molar-refractivity contribution is 5.95. The van der Waals surface area contributed by atoms with Crippen molar-refractivity contribution in [1.82, 2.24) is 14.5 Å². The van der Waals surface area contributed by atoms with Gasteiger partial charge in [0.1, 0.15) is 0 Å². The van der Waals surface area contributed by atoms with E-state index in [1.165, 1.54) is 0 Å². The van der Waals surface area contributed by atoms with Crippen LogP contribution in [0.15, 0.2) is 54.6 Å². The van der Waals surface area contributed by atoms with Gasteiger partial charge in [0, 0.05) is 19.6 Å². The average molecular weight is 277 g/mol. The van der Waals surface area contributed by atoms with Gasteiger partial charge in [-0.25, -0.2) is 4.98 Å². The first-order valence-corrected chi connectivity index (χ1v) is 7.11. The summed E-state index contributed by atoms with van der Waals surface area (Å²) in [6.45, 7) is 2.17. The van der Waals surface area contributed by atoms with E-state index in [2.05, 4.69) is 4.98 Å². The largest absolute Gasteiger partial charge is 0.330 e. The molecule has 0 atom stereocenters. The van der Waals surface area contributed by atoms with Crippen molar-refractivity contribution in [1.29, 1.82) is 0 Å². The van der Waals surface area contributed by atoms with Gasteiger partial charge in [0.2, 0.25) is 0 Å². The Morgan fingerprint density at radius 3 is 2.57 bits per heavy atom. The molecule has 0 unspecified atom stereocenters. The number of aromatic nitrogens is 2. The van der Waals surface area contributed by atoms with Crippen molar-refractivity contribution in [2.75, 3.05) is 6.54 Å². The molecule has 0 aliphatic carbocycles. The molecule has 104 valence electrons. The lowest BCUT2D eigenvalue weighted by molar-refractivity contribution is 0.0685. The lowest BCUT2D eigenvalue weighted by atomic mass is 10.2. The summed E-state index contributed by atoms with van der Waals surface area (Å²) < 4.78 is 2.03. The molecule has 1 aliphatic rings. The fraction of sp³-hybridized carbons (Fsp3) is 0.176. The summed E-state index contributed by atoms with van der Waals surface area (Å²) in [6, 6.07) is 18.0. The molecule has 0 N–H and O–H groups in total. The van der Waals surface area contributed by atoms with E-state index in [0.717, 1.165) is 29.7 Å². The van der Waals surface area contributed by atoms with Gasteiger partial charge in [0.25, 0.3) is 5.91 Å². The third kappa shape index (κ3) is 2.00. The Kier molecular flexibility index (Phi) is 2.74. The Hall–Kier alpha value is -2.62. The molecule has 21 heavy (non-hydrogen) atoms. The summed E-state index contributed by atoms with van der Waals surface area (Å²) in [5.74, 6) is 0.569. The molecule has 0 spiro atoms. The minimum absolute atomic E-state index is 0.0151. The van der Waals surface area contributed by atoms with E-state index in [-0.39, 0.29) is 5.91 Å². The van der Waals surface area contributed by atoms with Gasteiger partial charge in [0.15, 0.2) is 5.82 Å². The monoisotopic (exact) mass is 277 g/mol. The van der Waals surface area contributed by atoms with Crippen molar-refractivity contribution >= 4 is 16.9 Å². The predicted octanol–water partition coefficient (Wildman–Crippen LogP) is 2.69. The molecular formula is C17H15N3O. The smallest absolute Gasteiger partial charge is 0.290 e. The van der Waals surface area contributed by atoms with E-state index >= 15 is 0 Å². The van der Waals surface area contributed by atoms with Crippen LogP contribution >= 0.6 is 0 Å². The molecule has 3 aromatic rings. The Balaban J connectivity index is 1.69. The lowest BCUT2D eigenvalue weighted by Crippen LogP contribution is -2.39. The highest BCUT2D eigenvalue weighted by atomic mass is 16.2. The van der Waals surface area contributed by atoms with Crippen molar-refractivity contribution in [3.63, 3.8) is 0 Å². The highest BCUT2D eigenvalue weighted by Gasteiger charge is 2.27. The SMILES string of the molecule is O=C1c2nc3ccccc3n2CCN1Cc1ccccc1. The Morgan fingerprint density at radius 1 is 0.952 bits per heavy atom. The molecule has 4 rings (SSSR count). The molecule has 0 saturated carbocycles. The second-order valence-electron chi connectivity index (χ2n) is 5.29. The summed E-state index contributed by atoms with van der Waals surface area (Å²) in [7, 11) is 0. The Bertz CT molecular complexity index is 807. The van der Waals surface area contributed by atoms with Crippen molar-refractivity contribution < 1.29 is 4.79 Å². The first-order valence-electron chi connectivity index (χ1n) is 7.11. The minimum Gasteiger partial charge on any atom is -0.330 e. The fourth-order valence-electron chi connectivity index (χ4n) is 2.88. The molecule has 1 aliphatic heterocycles. The Labute approximate surface area is 122 Å². The van der Waals surface area contributed by atoms with E-state index < -0.39 is 0 Å². The summed E-state index contributed by atoms with van der Waals surface area (Å²) in [4.78, 5) is 19.0. The third-order valence-corrected chi connectivity index (χ3v) is 3.94. The number of nitrogens with zero attached hydrogens (tertiary/aromatic N) is 3. The van der Waals surface area contributed by atoms with Crippen LogP contribution < -0.4 is 0 Å². The standard InChI is InChI=1S/C17H15N3O/c21-17-16-18-14-8-4-5-9-15(14)20(16)11-10-19(17)12-13-6-2-1-3-7-13/h1-9H,10-12H2. The number of fused-ring (bicyclic) bond motifs is 3. The fourth-order valence-corrected chi connectivity index (χ4v) is 2.88. The van der Waals surface area contributed by atoms with Crippen LogP contribution in [0.3, 0.4) is 0 Å². The molecule has 0 saturated heterocycles. The van der Waals surface area contributed by atoms with Gasteiger partial charge < -0.3 is 9.47 Å². The Morgan fingerprint density at radius 2 is 1.71 bits per heavy atom. The summed E-state index contributed by atoms with van der Waals surface area (Å²) in [6.07, 6.45) is 0. The highest BCUT2D eigenvalue weighted by Crippen LogP contribution is 2.21. The first-order chi connectivity index (χ1) is 10.3. The van der Waals surface area contributed by atoms with Gasteiger partial charge in [0.05, 0.1) is 11.0 Å². The molecule has 1 amide bonds. The van der Waals surface area contributed by atoms with Crippen LogP contribution in [0.25, 0.3) is 11.0 Å². The van der Waals surface area contributed by atoms with E-state index in [9.17, 15) is 4.79 Å². The maximum atomic E-state index is 12.6. The van der Waals surface area contributed by atoms with Crippen molar-refractivity contribution in [3.8, 4) is 0 Å². The molecular weight excluding hydrogens is 262 g/mol. The van der Waals surface area contributed by atoms with Gasteiger partial charge in [-0.2, -0.15) is 0 Å². The number of para-hydroxylation sites is 2. The zero-order valence-corrected chi connectivity index (χ0v) is 11.6. The average Bonchev–Trinajstić information content (AvgIpc) is 2.91. The summed E-state index contributed by atoms with van der Waals surface area (Å²) in [5.41, 5.74) is 3.08. The summed E-state index contributed by atoms with van der Waals surface area (Å²) >= 11 is 0. The number of hydrogen-bond acceptors (Lipinski definition) is 2. The van der Waals surface area contributed by atoms with Crippen LogP contribution in [0.4, 0.5) is 0 Å². The van der Waals surface area contributed by atoms with E-state index in [1.54, 1.807) is 0 Å². The van der Waals surface area contributed by atoms with E-state index in [1.807, 2.05) is 64.1 Å². The maximum Gasteiger partial charge on any atom is 0.290 e. The third-order valence-electron chi connectivity index (χ3n) is 3.94. The van der Waals surface area contributed by atoms with Crippen LogP contribution in [-0.2, 0) is 13.1 Å². The van der Waals surface area contributed by atoms with Crippen LogP contribution in [0.1, 0.15) is 16.2 Å². The van der Waals surface area contributed by atoms with E-state index in [4.69, 9.17) is 0 Å². The number of rotatable bonds is 2. The van der Waals surface area contributed by atoms with Crippen LogP contribution in [0.2, 0.25) is 0 Å². The molecule has 1 aromatic heterocycles. The van der Waals surface area contributed by atoms with Gasteiger partial charge in [-0.15, -0.1) is 0 Å². The zero-order valence-electron chi connectivity index (χ0n) is 11.6. The van der Waals surface area contributed by atoms with Crippen molar-refractivity contribution in [2.45, 2.75) is 13.1 Å². The van der Waals surface area contributed by atoms with Gasteiger partial charge in [-0.05, 0) is 17.7 Å². The molecule has 4 nitrogen and oxygen atoms in total. The zero-order chi connectivity index (χ0) is 14.2. The second kappa shape index (κ2) is 4.74. The number of amides is 1. The lowest BCUT2D eigenvalue weighted by Gasteiger charge is -2.27. The number of hydrogen-bond donors (Lipinski definition) is 0. The van der Waals surface area contributed by atoms with E-state index in [0.29, 0.717) is 12.4 Å². The van der Waals surface area contributed by atoms with Crippen LogP contribution in [-0.4, -0.2) is 26.9 Å². The normalized spacial score (nSPS) is 14.5. The predicted molar refractivity (Wildman–Crippen MR) is 80.9 cm³/mol. The van der Waals surface area contributed by atoms with Gasteiger partial charge in [-0.3, -0.25) is 4.79 Å². The number of benzene rings is 2. The molecule has 4 heteroatoms. The molecule has 0 fully saturated rings. The quantitative estimate of drug-likeness (QED) is 0.722. The van der Waals surface area contributed by atoms with Crippen molar-refractivity contribution in [3.05, 3.63) is 66.0 Å². The van der Waals surface area contributed by atoms with Crippen LogP contribution in [0.5, 0.6) is 0 Å².